The Morgan fingerprint density at radius 2 is 1.67 bits per heavy atom. The van der Waals surface area contributed by atoms with E-state index in [1.54, 1.807) is 0 Å². The van der Waals surface area contributed by atoms with Gasteiger partial charge in [0.2, 0.25) is 0 Å². The fourth-order valence-electron chi connectivity index (χ4n) is 1.53. The molecule has 0 spiro atoms. The van der Waals surface area contributed by atoms with Crippen LogP contribution in [0, 0.1) is 13.8 Å². The Bertz CT molecular complexity index is 552. The Balaban J connectivity index is 2.25. The van der Waals surface area contributed by atoms with E-state index in [-0.39, 0.29) is 5.15 Å². The minimum atomic E-state index is 0.290. The van der Waals surface area contributed by atoms with Gasteiger partial charge < -0.3 is 4.74 Å². The first-order chi connectivity index (χ1) is 8.60. The van der Waals surface area contributed by atoms with Gasteiger partial charge >= 0.3 is 0 Å². The third-order valence-corrected chi connectivity index (χ3v) is 3.03. The highest BCUT2D eigenvalue weighted by atomic mass is 35.5. The molecule has 1 aromatic heterocycles. The molecule has 0 aliphatic carbocycles. The van der Waals surface area contributed by atoms with Crippen LogP contribution >= 0.6 is 11.6 Å². The van der Waals surface area contributed by atoms with Crippen LogP contribution in [0.15, 0.2) is 24.3 Å². The maximum Gasteiger partial charge on any atom is 0.257 e. The van der Waals surface area contributed by atoms with Crippen LogP contribution in [-0.4, -0.2) is 9.97 Å². The molecule has 18 heavy (non-hydrogen) atoms. The smallest absolute Gasteiger partial charge is 0.257 e. The van der Waals surface area contributed by atoms with E-state index < -0.39 is 0 Å². The topological polar surface area (TPSA) is 35.0 Å². The van der Waals surface area contributed by atoms with Gasteiger partial charge in [0.15, 0.2) is 5.15 Å². The van der Waals surface area contributed by atoms with E-state index in [0.29, 0.717) is 11.6 Å². The van der Waals surface area contributed by atoms with Crippen LogP contribution in [0.3, 0.4) is 0 Å². The van der Waals surface area contributed by atoms with Gasteiger partial charge in [0, 0.05) is 0 Å². The summed E-state index contributed by atoms with van der Waals surface area (Å²) in [6.45, 7) is 5.86. The lowest BCUT2D eigenvalue weighted by atomic mass is 10.2. The molecule has 1 heterocycles. The van der Waals surface area contributed by atoms with Crippen LogP contribution in [0.4, 0.5) is 0 Å². The van der Waals surface area contributed by atoms with Gasteiger partial charge in [-0.1, -0.05) is 30.7 Å². The van der Waals surface area contributed by atoms with Gasteiger partial charge in [-0.25, -0.2) is 9.97 Å². The zero-order valence-electron chi connectivity index (χ0n) is 10.7. The Morgan fingerprint density at radius 1 is 1.06 bits per heavy atom. The maximum absolute atomic E-state index is 6.01. The summed E-state index contributed by atoms with van der Waals surface area (Å²) in [4.78, 5) is 8.47. The number of nitrogens with zero attached hydrogens (tertiary/aromatic N) is 2. The van der Waals surface area contributed by atoms with E-state index in [0.717, 1.165) is 17.8 Å². The van der Waals surface area contributed by atoms with Gasteiger partial charge in [-0.05, 0) is 38.0 Å². The Labute approximate surface area is 112 Å². The number of aryl methyl sites for hydroxylation is 3. The lowest BCUT2D eigenvalue weighted by Crippen LogP contribution is -1.97. The highest BCUT2D eigenvalue weighted by Gasteiger charge is 2.09. The monoisotopic (exact) mass is 262 g/mol. The number of benzene rings is 1. The molecule has 1 aromatic carbocycles. The van der Waals surface area contributed by atoms with E-state index in [4.69, 9.17) is 16.3 Å². The minimum Gasteiger partial charge on any atom is -0.436 e. The summed E-state index contributed by atoms with van der Waals surface area (Å²) in [5.41, 5.74) is 2.90. The van der Waals surface area contributed by atoms with Crippen LogP contribution in [0.5, 0.6) is 11.6 Å². The number of halogens is 1. The van der Waals surface area contributed by atoms with Gasteiger partial charge in [-0.15, -0.1) is 0 Å². The molecule has 0 fully saturated rings. The molecule has 0 aliphatic heterocycles. The molecular formula is C14H15ClN2O. The van der Waals surface area contributed by atoms with E-state index >= 15 is 0 Å². The van der Waals surface area contributed by atoms with Gasteiger partial charge in [0.1, 0.15) is 5.75 Å². The number of hydrogen-bond acceptors (Lipinski definition) is 3. The highest BCUT2D eigenvalue weighted by molar-refractivity contribution is 6.30. The first-order valence-corrected chi connectivity index (χ1v) is 6.25. The van der Waals surface area contributed by atoms with Crippen LogP contribution in [0.1, 0.15) is 23.9 Å². The Hall–Kier alpha value is -1.61. The molecule has 2 aromatic rings. The molecule has 0 saturated carbocycles. The molecule has 3 nitrogen and oxygen atoms in total. The molecule has 4 heteroatoms. The van der Waals surface area contributed by atoms with Crippen molar-refractivity contribution in [3.05, 3.63) is 46.4 Å². The Kier molecular flexibility index (Phi) is 3.82. The van der Waals surface area contributed by atoms with Gasteiger partial charge in [0.25, 0.3) is 5.88 Å². The van der Waals surface area contributed by atoms with Crippen molar-refractivity contribution in [2.45, 2.75) is 27.2 Å². The summed E-state index contributed by atoms with van der Waals surface area (Å²) in [6.07, 6.45) is 1.00. The summed E-state index contributed by atoms with van der Waals surface area (Å²) in [6, 6.07) is 7.87. The molecular weight excluding hydrogens is 248 g/mol. The fraction of sp³-hybridized carbons (Fsp3) is 0.286. The summed E-state index contributed by atoms with van der Waals surface area (Å²) in [5, 5.41) is 0.290. The van der Waals surface area contributed by atoms with Gasteiger partial charge in [-0.2, -0.15) is 0 Å². The van der Waals surface area contributed by atoms with Crippen molar-refractivity contribution in [2.24, 2.45) is 0 Å². The largest absolute Gasteiger partial charge is 0.436 e. The second-order valence-corrected chi connectivity index (χ2v) is 4.45. The van der Waals surface area contributed by atoms with Gasteiger partial charge in [-0.3, -0.25) is 0 Å². The molecule has 0 bridgehead atoms. The van der Waals surface area contributed by atoms with Crippen LogP contribution in [0.2, 0.25) is 5.15 Å². The van der Waals surface area contributed by atoms with Gasteiger partial charge in [0.05, 0.1) is 11.4 Å². The molecule has 2 rings (SSSR count). The van der Waals surface area contributed by atoms with Crippen molar-refractivity contribution in [3.8, 4) is 11.6 Å². The van der Waals surface area contributed by atoms with E-state index in [1.807, 2.05) is 38.1 Å². The summed E-state index contributed by atoms with van der Waals surface area (Å²) >= 11 is 6.01. The zero-order chi connectivity index (χ0) is 13.1. The number of ether oxygens (including phenoxy) is 1. The lowest BCUT2D eigenvalue weighted by Gasteiger charge is -2.08. The van der Waals surface area contributed by atoms with Crippen LogP contribution < -0.4 is 4.74 Å². The molecule has 0 radical (unpaired) electrons. The quantitative estimate of drug-likeness (QED) is 0.835. The molecule has 0 atom stereocenters. The molecule has 0 saturated heterocycles. The summed E-state index contributed by atoms with van der Waals surface area (Å²) in [5.74, 6) is 1.07. The molecule has 0 aliphatic rings. The van der Waals surface area contributed by atoms with Crippen molar-refractivity contribution in [2.75, 3.05) is 0 Å². The average Bonchev–Trinajstić information content (AvgIpc) is 2.37. The van der Waals surface area contributed by atoms with Crippen molar-refractivity contribution < 1.29 is 4.74 Å². The van der Waals surface area contributed by atoms with E-state index in [9.17, 15) is 0 Å². The zero-order valence-corrected chi connectivity index (χ0v) is 11.5. The lowest BCUT2D eigenvalue weighted by molar-refractivity contribution is 0.458. The highest BCUT2D eigenvalue weighted by Crippen LogP contribution is 2.26. The maximum atomic E-state index is 6.01. The second kappa shape index (κ2) is 5.36. The minimum absolute atomic E-state index is 0.290. The van der Waals surface area contributed by atoms with Crippen molar-refractivity contribution in [3.63, 3.8) is 0 Å². The molecule has 0 N–H and O–H groups in total. The number of hydrogen-bond donors (Lipinski definition) is 0. The standard InChI is InChI=1S/C14H15ClN2O/c1-4-11-5-7-12(8-6-11)18-14-13(15)16-9(2)10(3)17-14/h5-8H,4H2,1-3H3. The fourth-order valence-corrected chi connectivity index (χ4v) is 1.73. The number of aromatic nitrogens is 2. The van der Waals surface area contributed by atoms with E-state index in [2.05, 4.69) is 16.9 Å². The first-order valence-electron chi connectivity index (χ1n) is 5.87. The third kappa shape index (κ3) is 2.79. The second-order valence-electron chi connectivity index (χ2n) is 4.09. The number of rotatable bonds is 3. The van der Waals surface area contributed by atoms with Crippen LogP contribution in [0.25, 0.3) is 0 Å². The molecule has 94 valence electrons. The third-order valence-electron chi connectivity index (χ3n) is 2.78. The van der Waals surface area contributed by atoms with Crippen molar-refractivity contribution >= 4 is 11.6 Å². The molecule has 0 unspecified atom stereocenters. The summed E-state index contributed by atoms with van der Waals surface area (Å²) in [7, 11) is 0. The average molecular weight is 263 g/mol. The predicted molar refractivity (Wildman–Crippen MR) is 72.4 cm³/mol. The van der Waals surface area contributed by atoms with Crippen LogP contribution in [-0.2, 0) is 6.42 Å². The molecule has 0 amide bonds. The van der Waals surface area contributed by atoms with Crippen molar-refractivity contribution in [1.29, 1.82) is 0 Å². The van der Waals surface area contributed by atoms with E-state index in [1.165, 1.54) is 5.56 Å². The predicted octanol–water partition coefficient (Wildman–Crippen LogP) is 4.10. The van der Waals surface area contributed by atoms with Crippen molar-refractivity contribution in [1.82, 2.24) is 9.97 Å². The normalized spacial score (nSPS) is 10.4. The SMILES string of the molecule is CCc1ccc(Oc2nc(C)c(C)nc2Cl)cc1. The summed E-state index contributed by atoms with van der Waals surface area (Å²) < 4.78 is 5.64. The Morgan fingerprint density at radius 3 is 2.28 bits per heavy atom. The first kappa shape index (κ1) is 12.8.